The van der Waals surface area contributed by atoms with Crippen LogP contribution in [0.4, 0.5) is 13.2 Å². The number of nitrogens with zero attached hydrogens (tertiary/aromatic N) is 1. The van der Waals surface area contributed by atoms with Gasteiger partial charge in [0.15, 0.2) is 0 Å². The largest absolute Gasteiger partial charge is 0.416 e. The van der Waals surface area contributed by atoms with Crippen LogP contribution in [0.2, 0.25) is 0 Å². The first-order valence-electron chi connectivity index (χ1n) is 5.93. The van der Waals surface area contributed by atoms with Crippen molar-refractivity contribution in [3.63, 3.8) is 0 Å². The Balaban J connectivity index is 2.26. The zero-order chi connectivity index (χ0) is 15.6. The van der Waals surface area contributed by atoms with Gasteiger partial charge in [-0.1, -0.05) is 6.07 Å². The van der Waals surface area contributed by atoms with Crippen LogP contribution >= 0.6 is 27.3 Å². The van der Waals surface area contributed by atoms with Crippen molar-refractivity contribution in [2.75, 3.05) is 7.05 Å². The molecule has 7 heteroatoms. The average Bonchev–Trinajstić information content (AvgIpc) is 2.90. The molecule has 1 aromatic heterocycles. The zero-order valence-corrected chi connectivity index (χ0v) is 13.3. The molecule has 0 fully saturated rings. The molecule has 0 unspecified atom stereocenters. The van der Waals surface area contributed by atoms with E-state index < -0.39 is 17.6 Å². The van der Waals surface area contributed by atoms with Gasteiger partial charge in [0.25, 0.3) is 5.91 Å². The van der Waals surface area contributed by atoms with Crippen LogP contribution < -0.4 is 0 Å². The first-order chi connectivity index (χ1) is 9.79. The molecule has 0 atom stereocenters. The van der Waals surface area contributed by atoms with Gasteiger partial charge >= 0.3 is 6.18 Å². The van der Waals surface area contributed by atoms with E-state index >= 15 is 0 Å². The second kappa shape index (κ2) is 6.19. The number of amides is 1. The SMILES string of the molecule is CN(Cc1cccs1)C(=O)c1cc(C(F)(F)F)ccc1Br. The Morgan fingerprint density at radius 3 is 2.62 bits per heavy atom. The van der Waals surface area contributed by atoms with E-state index in [2.05, 4.69) is 15.9 Å². The molecule has 0 N–H and O–H groups in total. The minimum atomic E-state index is -4.47. The molecule has 2 rings (SSSR count). The van der Waals surface area contributed by atoms with Crippen LogP contribution in [0, 0.1) is 0 Å². The number of thiophene rings is 1. The maximum atomic E-state index is 12.7. The maximum absolute atomic E-state index is 12.7. The van der Waals surface area contributed by atoms with Crippen molar-refractivity contribution in [1.29, 1.82) is 0 Å². The van der Waals surface area contributed by atoms with Gasteiger partial charge in [-0.25, -0.2) is 0 Å². The fourth-order valence-corrected chi connectivity index (χ4v) is 2.95. The van der Waals surface area contributed by atoms with Crippen molar-refractivity contribution in [1.82, 2.24) is 4.90 Å². The Morgan fingerprint density at radius 1 is 1.33 bits per heavy atom. The normalized spacial score (nSPS) is 11.5. The highest BCUT2D eigenvalue weighted by Gasteiger charge is 2.32. The quantitative estimate of drug-likeness (QED) is 0.751. The Bertz CT molecular complexity index is 640. The molecule has 1 aromatic carbocycles. The summed E-state index contributed by atoms with van der Waals surface area (Å²) in [5.41, 5.74) is -0.831. The summed E-state index contributed by atoms with van der Waals surface area (Å²) in [5.74, 6) is -0.457. The lowest BCUT2D eigenvalue weighted by molar-refractivity contribution is -0.137. The second-order valence-corrected chi connectivity index (χ2v) is 6.32. The topological polar surface area (TPSA) is 20.3 Å². The van der Waals surface area contributed by atoms with Crippen molar-refractivity contribution < 1.29 is 18.0 Å². The van der Waals surface area contributed by atoms with Gasteiger partial charge in [-0.05, 0) is 45.6 Å². The molecule has 0 aliphatic carbocycles. The van der Waals surface area contributed by atoms with E-state index in [0.717, 1.165) is 17.0 Å². The maximum Gasteiger partial charge on any atom is 0.416 e. The molecule has 0 saturated heterocycles. The molecule has 0 saturated carbocycles. The van der Waals surface area contributed by atoms with Gasteiger partial charge in [-0.2, -0.15) is 13.2 Å². The van der Waals surface area contributed by atoms with Gasteiger partial charge in [0.1, 0.15) is 0 Å². The molecule has 0 spiro atoms. The van der Waals surface area contributed by atoms with E-state index in [9.17, 15) is 18.0 Å². The van der Waals surface area contributed by atoms with Crippen molar-refractivity contribution in [2.24, 2.45) is 0 Å². The summed E-state index contributed by atoms with van der Waals surface area (Å²) < 4.78 is 38.5. The summed E-state index contributed by atoms with van der Waals surface area (Å²) in [6.07, 6.45) is -4.47. The lowest BCUT2D eigenvalue weighted by Gasteiger charge is -2.18. The number of carbonyl (C=O) groups is 1. The number of carbonyl (C=O) groups excluding carboxylic acids is 1. The van der Waals surface area contributed by atoms with E-state index in [1.54, 1.807) is 7.05 Å². The monoisotopic (exact) mass is 377 g/mol. The van der Waals surface area contributed by atoms with Crippen molar-refractivity contribution in [2.45, 2.75) is 12.7 Å². The molecule has 21 heavy (non-hydrogen) atoms. The highest BCUT2D eigenvalue weighted by molar-refractivity contribution is 9.10. The lowest BCUT2D eigenvalue weighted by atomic mass is 10.1. The molecule has 112 valence electrons. The molecule has 0 aliphatic heterocycles. The van der Waals surface area contributed by atoms with Crippen molar-refractivity contribution in [3.8, 4) is 0 Å². The van der Waals surface area contributed by atoms with Crippen LogP contribution in [0.25, 0.3) is 0 Å². The van der Waals surface area contributed by atoms with Crippen LogP contribution in [0.3, 0.4) is 0 Å². The average molecular weight is 378 g/mol. The first kappa shape index (κ1) is 16.0. The highest BCUT2D eigenvalue weighted by Crippen LogP contribution is 2.32. The standard InChI is InChI=1S/C14H11BrF3NOS/c1-19(8-10-3-2-6-21-10)13(20)11-7-9(14(16,17)18)4-5-12(11)15/h2-7H,8H2,1H3. The van der Waals surface area contributed by atoms with Gasteiger partial charge in [-0.15, -0.1) is 11.3 Å². The predicted octanol–water partition coefficient (Wildman–Crippen LogP) is 4.80. The smallest absolute Gasteiger partial charge is 0.337 e. The van der Waals surface area contributed by atoms with Crippen molar-refractivity contribution >= 4 is 33.2 Å². The number of hydrogen-bond donors (Lipinski definition) is 0. The van der Waals surface area contributed by atoms with Gasteiger partial charge in [0.2, 0.25) is 0 Å². The number of benzene rings is 1. The second-order valence-electron chi connectivity index (χ2n) is 4.43. The predicted molar refractivity (Wildman–Crippen MR) is 79.3 cm³/mol. The fraction of sp³-hybridized carbons (Fsp3) is 0.214. The van der Waals surface area contributed by atoms with Crippen LogP contribution in [-0.4, -0.2) is 17.9 Å². The third kappa shape index (κ3) is 3.85. The molecule has 0 radical (unpaired) electrons. The van der Waals surface area contributed by atoms with E-state index in [4.69, 9.17) is 0 Å². The van der Waals surface area contributed by atoms with Gasteiger partial charge in [-0.3, -0.25) is 4.79 Å². The van der Waals surface area contributed by atoms with Gasteiger partial charge < -0.3 is 4.90 Å². The van der Waals surface area contributed by atoms with Crippen LogP contribution in [-0.2, 0) is 12.7 Å². The molecule has 2 nitrogen and oxygen atoms in total. The molecule has 2 aromatic rings. The van der Waals surface area contributed by atoms with Gasteiger partial charge in [0.05, 0.1) is 17.7 Å². The minimum absolute atomic E-state index is 0.00359. The summed E-state index contributed by atoms with van der Waals surface area (Å²) in [7, 11) is 1.56. The molecule has 0 bridgehead atoms. The van der Waals surface area contributed by atoms with E-state index in [1.807, 2.05) is 17.5 Å². The van der Waals surface area contributed by atoms with Crippen molar-refractivity contribution in [3.05, 3.63) is 56.2 Å². The zero-order valence-electron chi connectivity index (χ0n) is 10.9. The van der Waals surface area contributed by atoms with Gasteiger partial charge in [0, 0.05) is 16.4 Å². The Morgan fingerprint density at radius 2 is 2.05 bits per heavy atom. The summed E-state index contributed by atoms with van der Waals surface area (Å²) in [6.45, 7) is 0.360. The third-order valence-corrected chi connectivity index (χ3v) is 4.40. The molecule has 0 aliphatic rings. The van der Waals surface area contributed by atoms with E-state index in [0.29, 0.717) is 11.0 Å². The number of hydrogen-bond acceptors (Lipinski definition) is 2. The molecule has 1 amide bonds. The number of rotatable bonds is 3. The molecular weight excluding hydrogens is 367 g/mol. The molecule has 1 heterocycles. The summed E-state index contributed by atoms with van der Waals surface area (Å²) in [4.78, 5) is 14.7. The Labute approximate surface area is 132 Å². The van der Waals surface area contributed by atoms with E-state index in [1.165, 1.54) is 22.3 Å². The number of halogens is 4. The van der Waals surface area contributed by atoms with E-state index in [-0.39, 0.29) is 5.56 Å². The lowest BCUT2D eigenvalue weighted by Crippen LogP contribution is -2.26. The number of alkyl halides is 3. The molecular formula is C14H11BrF3NOS. The van der Waals surface area contributed by atoms with Crippen LogP contribution in [0.1, 0.15) is 20.8 Å². The highest BCUT2D eigenvalue weighted by atomic mass is 79.9. The fourth-order valence-electron chi connectivity index (χ4n) is 1.78. The Hall–Kier alpha value is -1.34. The Kier molecular flexibility index (Phi) is 4.73. The van der Waals surface area contributed by atoms with Crippen LogP contribution in [0.5, 0.6) is 0 Å². The summed E-state index contributed by atoms with van der Waals surface area (Å²) >= 11 is 4.62. The minimum Gasteiger partial charge on any atom is -0.337 e. The summed E-state index contributed by atoms with van der Waals surface area (Å²) in [5, 5.41) is 1.88. The third-order valence-electron chi connectivity index (χ3n) is 2.84. The van der Waals surface area contributed by atoms with Crippen LogP contribution in [0.15, 0.2) is 40.2 Å². The summed E-state index contributed by atoms with van der Waals surface area (Å²) in [6, 6.07) is 6.79. The first-order valence-corrected chi connectivity index (χ1v) is 7.61.